The maximum absolute atomic E-state index is 13.3. The zero-order chi connectivity index (χ0) is 25.3. The first-order chi connectivity index (χ1) is 16.6. The minimum atomic E-state index is -4.41. The second-order valence-corrected chi connectivity index (χ2v) is 9.68. The summed E-state index contributed by atoms with van der Waals surface area (Å²) in [6.45, 7) is 1.48. The second kappa shape index (κ2) is 9.96. The lowest BCUT2D eigenvalue weighted by Gasteiger charge is -2.19. The molecule has 1 fully saturated rings. The Morgan fingerprint density at radius 3 is 2.63 bits per heavy atom. The van der Waals surface area contributed by atoms with Crippen molar-refractivity contribution in [2.45, 2.75) is 37.5 Å². The van der Waals surface area contributed by atoms with Crippen LogP contribution in [0.5, 0.6) is 0 Å². The number of ether oxygens (including phenoxy) is 2. The Morgan fingerprint density at radius 2 is 1.97 bits per heavy atom. The van der Waals surface area contributed by atoms with E-state index in [1.807, 2.05) is 13.0 Å². The molecule has 186 valence electrons. The Labute approximate surface area is 198 Å². The first-order valence-corrected chi connectivity index (χ1v) is 12.3. The average molecular weight is 507 g/mol. The van der Waals surface area contributed by atoms with E-state index in [1.54, 1.807) is 24.4 Å². The van der Waals surface area contributed by atoms with E-state index in [1.165, 1.54) is 16.7 Å². The highest BCUT2D eigenvalue weighted by Crippen LogP contribution is 2.36. The van der Waals surface area contributed by atoms with Gasteiger partial charge < -0.3 is 39.4 Å². The third-order valence-corrected chi connectivity index (χ3v) is 6.07. The molecule has 1 aliphatic rings. The molecule has 0 radical (unpaired) electrons. The number of fused-ring (bicyclic) bond motifs is 1. The number of aliphatic hydroxyl groups is 2. The lowest BCUT2D eigenvalue weighted by atomic mass is 10.1. The fraction of sp³-hybridized carbons (Fsp3) is 0.381. The topological polar surface area (TPSA) is 183 Å². The number of nitriles is 1. The summed E-state index contributed by atoms with van der Waals surface area (Å²) in [6.07, 6.45) is -4.30. The van der Waals surface area contributed by atoms with Gasteiger partial charge in [-0.25, -0.2) is 14.4 Å². The fourth-order valence-corrected chi connectivity index (χ4v) is 4.17. The highest BCUT2D eigenvalue weighted by Gasteiger charge is 2.44. The molecule has 0 saturated carbocycles. The van der Waals surface area contributed by atoms with Crippen molar-refractivity contribution in [2.24, 2.45) is 0 Å². The molecule has 0 bridgehead atoms. The summed E-state index contributed by atoms with van der Waals surface area (Å²) in [6, 6.07) is 9.17. The summed E-state index contributed by atoms with van der Waals surface area (Å²) < 4.78 is 36.3. The van der Waals surface area contributed by atoms with E-state index in [0.29, 0.717) is 11.2 Å². The van der Waals surface area contributed by atoms with Crippen molar-refractivity contribution in [3.05, 3.63) is 53.7 Å². The zero-order valence-corrected chi connectivity index (χ0v) is 19.3. The van der Waals surface area contributed by atoms with Gasteiger partial charge in [-0.1, -0.05) is 12.1 Å². The average Bonchev–Trinajstić information content (AvgIpc) is 3.35. The molecule has 2 aromatic heterocycles. The van der Waals surface area contributed by atoms with Crippen molar-refractivity contribution in [1.29, 1.82) is 5.26 Å². The van der Waals surface area contributed by atoms with Gasteiger partial charge in [0.15, 0.2) is 6.23 Å². The van der Waals surface area contributed by atoms with Crippen molar-refractivity contribution in [2.75, 3.05) is 18.3 Å². The lowest BCUT2D eigenvalue weighted by Crippen LogP contribution is -2.33. The number of benzene rings is 1. The van der Waals surface area contributed by atoms with Crippen molar-refractivity contribution in [3.63, 3.8) is 0 Å². The Hall–Kier alpha value is -2.95. The normalized spacial score (nSPS) is 23.3. The SMILES string of the molecule is C[C@@H](Nc1nc(C#N)nc2c1ccn2[C@@H]1O[C@H](COCP(=O)(O)O)[C@@H](O)[C@H]1O)c1ccc(F)cc1. The first-order valence-electron chi connectivity index (χ1n) is 10.5. The van der Waals surface area contributed by atoms with E-state index >= 15 is 0 Å². The first kappa shape index (κ1) is 25.2. The maximum Gasteiger partial charge on any atom is 0.350 e. The maximum atomic E-state index is 13.3. The van der Waals surface area contributed by atoms with E-state index in [4.69, 9.17) is 19.3 Å². The van der Waals surface area contributed by atoms with Crippen LogP contribution in [-0.2, 0) is 14.0 Å². The number of anilines is 1. The van der Waals surface area contributed by atoms with Gasteiger partial charge in [-0.05, 0) is 30.7 Å². The van der Waals surface area contributed by atoms with Crippen molar-refractivity contribution >= 4 is 24.4 Å². The van der Waals surface area contributed by atoms with E-state index in [9.17, 15) is 24.4 Å². The molecule has 0 aliphatic carbocycles. The summed E-state index contributed by atoms with van der Waals surface area (Å²) in [5.41, 5.74) is 1.03. The second-order valence-electron chi connectivity index (χ2n) is 8.10. The summed E-state index contributed by atoms with van der Waals surface area (Å²) in [5, 5.41) is 34.1. The van der Waals surface area contributed by atoms with Crippen LogP contribution in [0, 0.1) is 17.1 Å². The molecule has 4 rings (SSSR count). The zero-order valence-electron chi connectivity index (χ0n) is 18.4. The van der Waals surface area contributed by atoms with Crippen LogP contribution in [0.2, 0.25) is 0 Å². The number of hydrogen-bond acceptors (Lipinski definition) is 9. The van der Waals surface area contributed by atoms with Crippen molar-refractivity contribution in [1.82, 2.24) is 14.5 Å². The largest absolute Gasteiger partial charge is 0.387 e. The number of hydrogen-bond donors (Lipinski definition) is 5. The van der Waals surface area contributed by atoms with E-state index < -0.39 is 38.5 Å². The summed E-state index contributed by atoms with van der Waals surface area (Å²) >= 11 is 0. The Kier molecular flexibility index (Phi) is 7.16. The van der Waals surface area contributed by atoms with Crippen LogP contribution < -0.4 is 5.32 Å². The van der Waals surface area contributed by atoms with Crippen LogP contribution in [0.3, 0.4) is 0 Å². The predicted molar refractivity (Wildman–Crippen MR) is 119 cm³/mol. The predicted octanol–water partition coefficient (Wildman–Crippen LogP) is 1.39. The van der Waals surface area contributed by atoms with Gasteiger partial charge in [0.2, 0.25) is 5.82 Å². The number of halogens is 1. The van der Waals surface area contributed by atoms with Gasteiger partial charge in [-0.2, -0.15) is 5.26 Å². The molecule has 0 unspecified atom stereocenters. The van der Waals surface area contributed by atoms with Crippen LogP contribution in [0.1, 0.15) is 30.6 Å². The Balaban J connectivity index is 1.60. The van der Waals surface area contributed by atoms with Gasteiger partial charge in [0.25, 0.3) is 0 Å². The van der Waals surface area contributed by atoms with Gasteiger partial charge in [-0.3, -0.25) is 4.57 Å². The van der Waals surface area contributed by atoms with Crippen molar-refractivity contribution < 1.29 is 38.4 Å². The molecule has 1 aromatic carbocycles. The molecule has 0 amide bonds. The quantitative estimate of drug-likeness (QED) is 0.278. The lowest BCUT2D eigenvalue weighted by molar-refractivity contribution is -0.0610. The van der Waals surface area contributed by atoms with Crippen LogP contribution in [-0.4, -0.2) is 65.8 Å². The number of nitrogens with zero attached hydrogens (tertiary/aromatic N) is 4. The molecule has 35 heavy (non-hydrogen) atoms. The molecule has 1 saturated heterocycles. The van der Waals surface area contributed by atoms with Gasteiger partial charge in [-0.15, -0.1) is 0 Å². The van der Waals surface area contributed by atoms with E-state index in [-0.39, 0.29) is 29.9 Å². The standard InChI is InChI=1S/C21H23FN5O7P/c1-11(12-2-4-13(22)5-3-12)24-19-14-6-7-27(20(14)26-16(8-23)25-19)21-18(29)17(28)15(34-21)9-33-10-35(30,31)32/h2-7,11,15,17-18,21,28-29H,9-10H2,1H3,(H,24,25,26)(H2,30,31,32)/t11-,15-,17-,18-,21-/m1/s1. The molecular formula is C21H23FN5O7P. The molecule has 12 nitrogen and oxygen atoms in total. The van der Waals surface area contributed by atoms with Crippen LogP contribution in [0.25, 0.3) is 11.0 Å². The summed E-state index contributed by atoms with van der Waals surface area (Å²) in [4.78, 5) is 26.3. The van der Waals surface area contributed by atoms with Crippen LogP contribution >= 0.6 is 7.60 Å². The van der Waals surface area contributed by atoms with Crippen LogP contribution in [0.15, 0.2) is 36.5 Å². The van der Waals surface area contributed by atoms with Crippen LogP contribution in [0.4, 0.5) is 10.2 Å². The molecule has 5 N–H and O–H groups in total. The number of nitrogens with one attached hydrogen (secondary N) is 1. The third kappa shape index (κ3) is 5.50. The van der Waals surface area contributed by atoms with Gasteiger partial charge in [0, 0.05) is 12.2 Å². The smallest absolute Gasteiger partial charge is 0.350 e. The molecule has 14 heteroatoms. The third-order valence-electron chi connectivity index (χ3n) is 5.55. The molecule has 0 spiro atoms. The molecule has 3 heterocycles. The van der Waals surface area contributed by atoms with Gasteiger partial charge >= 0.3 is 7.60 Å². The molecule has 1 aliphatic heterocycles. The minimum absolute atomic E-state index is 0.152. The monoisotopic (exact) mass is 507 g/mol. The van der Waals surface area contributed by atoms with Crippen molar-refractivity contribution in [3.8, 4) is 6.07 Å². The Bertz CT molecular complexity index is 1290. The highest BCUT2D eigenvalue weighted by atomic mass is 31.2. The molecule has 5 atom stereocenters. The Morgan fingerprint density at radius 1 is 1.26 bits per heavy atom. The highest BCUT2D eigenvalue weighted by molar-refractivity contribution is 7.51. The number of rotatable bonds is 8. The van der Waals surface area contributed by atoms with Gasteiger partial charge in [0.05, 0.1) is 12.0 Å². The van der Waals surface area contributed by atoms with E-state index in [0.717, 1.165) is 5.56 Å². The van der Waals surface area contributed by atoms with Gasteiger partial charge in [0.1, 0.15) is 48.0 Å². The number of aliphatic hydroxyl groups excluding tert-OH is 2. The molecular weight excluding hydrogens is 484 g/mol. The molecule has 3 aromatic rings. The summed E-state index contributed by atoms with van der Waals surface area (Å²) in [5.74, 6) is -0.186. The minimum Gasteiger partial charge on any atom is -0.387 e. The summed E-state index contributed by atoms with van der Waals surface area (Å²) in [7, 11) is -4.41. The van der Waals surface area contributed by atoms with E-state index in [2.05, 4.69) is 15.3 Å². The number of aromatic nitrogens is 3. The fourth-order valence-electron chi connectivity index (χ4n) is 3.82.